The third-order valence-electron chi connectivity index (χ3n) is 2.64. The molecule has 0 N–H and O–H groups in total. The third kappa shape index (κ3) is 3.53. The maximum absolute atomic E-state index is 13.9. The van der Waals surface area contributed by atoms with Gasteiger partial charge in [-0.25, -0.2) is 14.2 Å². The van der Waals surface area contributed by atoms with Crippen molar-refractivity contribution in [1.29, 1.82) is 0 Å². The average molecular weight is 290 g/mol. The lowest BCUT2D eigenvalue weighted by atomic mass is 10.1. The smallest absolute Gasteiger partial charge is 0.340 e. The van der Waals surface area contributed by atoms with E-state index in [2.05, 4.69) is 14.7 Å². The largest absolute Gasteiger partial charge is 0.474 e. The first kappa shape index (κ1) is 14.9. The van der Waals surface area contributed by atoms with Gasteiger partial charge in [0.05, 0.1) is 36.9 Å². The summed E-state index contributed by atoms with van der Waals surface area (Å²) in [5, 5.41) is 0. The van der Waals surface area contributed by atoms with Crippen molar-refractivity contribution in [2.75, 3.05) is 7.11 Å². The van der Waals surface area contributed by atoms with Gasteiger partial charge in [-0.15, -0.1) is 0 Å². The first-order valence-electron chi connectivity index (χ1n) is 6.38. The van der Waals surface area contributed by atoms with E-state index in [4.69, 9.17) is 4.74 Å². The number of halogens is 1. The van der Waals surface area contributed by atoms with Gasteiger partial charge in [0.15, 0.2) is 0 Å². The second-order valence-corrected chi connectivity index (χ2v) is 4.60. The van der Waals surface area contributed by atoms with Gasteiger partial charge in [0.25, 0.3) is 0 Å². The molecule has 0 aliphatic rings. The molecule has 1 heterocycles. The number of aromatic nitrogens is 2. The number of methoxy groups -OCH3 is 1. The molecule has 0 amide bonds. The van der Waals surface area contributed by atoms with E-state index in [-0.39, 0.29) is 11.7 Å². The topological polar surface area (TPSA) is 61.3 Å². The first-order chi connectivity index (χ1) is 10.0. The van der Waals surface area contributed by atoms with Crippen LogP contribution in [0.5, 0.6) is 5.88 Å². The molecule has 2 rings (SSSR count). The average Bonchev–Trinajstić information content (AvgIpc) is 2.46. The highest BCUT2D eigenvalue weighted by atomic mass is 19.1. The standard InChI is InChI=1S/C15H15FN2O3/c1-9(2)21-14-8-17-7-13(18-14)10-4-5-11(12(16)6-10)15(19)20-3/h4-9H,1-3H3. The van der Waals surface area contributed by atoms with Gasteiger partial charge in [0.2, 0.25) is 5.88 Å². The number of rotatable bonds is 4. The molecule has 0 aliphatic heterocycles. The lowest BCUT2D eigenvalue weighted by Crippen LogP contribution is -2.07. The summed E-state index contributed by atoms with van der Waals surface area (Å²) in [4.78, 5) is 19.6. The molecule has 0 radical (unpaired) electrons. The Kier molecular flexibility index (Phi) is 4.47. The fraction of sp³-hybridized carbons (Fsp3) is 0.267. The fourth-order valence-electron chi connectivity index (χ4n) is 1.74. The van der Waals surface area contributed by atoms with Gasteiger partial charge in [-0.05, 0) is 26.0 Å². The van der Waals surface area contributed by atoms with Crippen molar-refractivity contribution in [1.82, 2.24) is 9.97 Å². The van der Waals surface area contributed by atoms with Gasteiger partial charge >= 0.3 is 5.97 Å². The van der Waals surface area contributed by atoms with E-state index in [1.807, 2.05) is 13.8 Å². The molecule has 2 aromatic rings. The van der Waals surface area contributed by atoms with E-state index in [1.165, 1.54) is 31.6 Å². The number of hydrogen-bond acceptors (Lipinski definition) is 5. The number of carbonyl (C=O) groups excluding carboxylic acids is 1. The highest BCUT2D eigenvalue weighted by molar-refractivity contribution is 5.90. The van der Waals surface area contributed by atoms with Gasteiger partial charge in [-0.1, -0.05) is 6.07 Å². The molecule has 1 aromatic heterocycles. The molecule has 0 bridgehead atoms. The Morgan fingerprint density at radius 1 is 1.29 bits per heavy atom. The summed E-state index contributed by atoms with van der Waals surface area (Å²) in [6.45, 7) is 3.75. The molecular formula is C15H15FN2O3. The number of carbonyl (C=O) groups is 1. The van der Waals surface area contributed by atoms with Crippen LogP contribution < -0.4 is 4.74 Å². The van der Waals surface area contributed by atoms with Crippen LogP contribution in [0.2, 0.25) is 0 Å². The number of nitrogens with zero attached hydrogens (tertiary/aromatic N) is 2. The monoisotopic (exact) mass is 290 g/mol. The maximum atomic E-state index is 13.9. The first-order valence-corrected chi connectivity index (χ1v) is 6.38. The third-order valence-corrected chi connectivity index (χ3v) is 2.64. The Morgan fingerprint density at radius 2 is 2.05 bits per heavy atom. The van der Waals surface area contributed by atoms with Crippen molar-refractivity contribution in [3.8, 4) is 17.1 Å². The number of benzene rings is 1. The van der Waals surface area contributed by atoms with Crippen LogP contribution in [0.1, 0.15) is 24.2 Å². The zero-order valence-electron chi connectivity index (χ0n) is 12.0. The summed E-state index contributed by atoms with van der Waals surface area (Å²) < 4.78 is 23.8. The quantitative estimate of drug-likeness (QED) is 0.810. The minimum Gasteiger partial charge on any atom is -0.474 e. The zero-order chi connectivity index (χ0) is 15.4. The van der Waals surface area contributed by atoms with Crippen LogP contribution in [0.25, 0.3) is 11.3 Å². The number of ether oxygens (including phenoxy) is 2. The number of hydrogen-bond donors (Lipinski definition) is 0. The fourth-order valence-corrected chi connectivity index (χ4v) is 1.74. The van der Waals surface area contributed by atoms with Gasteiger partial charge in [-0.2, -0.15) is 0 Å². The van der Waals surface area contributed by atoms with Crippen LogP contribution >= 0.6 is 0 Å². The lowest BCUT2D eigenvalue weighted by molar-refractivity contribution is 0.0595. The predicted octanol–water partition coefficient (Wildman–Crippen LogP) is 2.86. The van der Waals surface area contributed by atoms with E-state index >= 15 is 0 Å². The minimum absolute atomic E-state index is 0.0343. The zero-order valence-corrected chi connectivity index (χ0v) is 12.0. The molecule has 0 unspecified atom stereocenters. The van der Waals surface area contributed by atoms with Gasteiger partial charge < -0.3 is 9.47 Å². The SMILES string of the molecule is COC(=O)c1ccc(-c2cncc(OC(C)C)n2)cc1F. The molecule has 0 saturated heterocycles. The molecular weight excluding hydrogens is 275 g/mol. The highest BCUT2D eigenvalue weighted by Gasteiger charge is 2.14. The Hall–Kier alpha value is -2.50. The molecule has 6 heteroatoms. The van der Waals surface area contributed by atoms with E-state index in [0.29, 0.717) is 17.1 Å². The molecule has 5 nitrogen and oxygen atoms in total. The predicted molar refractivity (Wildman–Crippen MR) is 74.5 cm³/mol. The van der Waals surface area contributed by atoms with Crippen molar-refractivity contribution in [3.05, 3.63) is 42.0 Å². The summed E-state index contributed by atoms with van der Waals surface area (Å²) in [5.74, 6) is -1.03. The van der Waals surface area contributed by atoms with Crippen LogP contribution in [-0.4, -0.2) is 29.2 Å². The summed E-state index contributed by atoms with van der Waals surface area (Å²) in [6.07, 6.45) is 2.95. The lowest BCUT2D eigenvalue weighted by Gasteiger charge is -2.09. The number of esters is 1. The van der Waals surface area contributed by atoms with Crippen LogP contribution in [-0.2, 0) is 4.74 Å². The van der Waals surface area contributed by atoms with Crippen molar-refractivity contribution in [3.63, 3.8) is 0 Å². The van der Waals surface area contributed by atoms with Gasteiger partial charge in [-0.3, -0.25) is 4.98 Å². The molecule has 0 atom stereocenters. The van der Waals surface area contributed by atoms with Crippen molar-refractivity contribution in [2.24, 2.45) is 0 Å². The van der Waals surface area contributed by atoms with Crippen molar-refractivity contribution in [2.45, 2.75) is 20.0 Å². The molecule has 110 valence electrons. The van der Waals surface area contributed by atoms with Crippen LogP contribution in [0.3, 0.4) is 0 Å². The van der Waals surface area contributed by atoms with Crippen LogP contribution in [0.15, 0.2) is 30.6 Å². The summed E-state index contributed by atoms with van der Waals surface area (Å²) in [5.41, 5.74) is 0.842. The van der Waals surface area contributed by atoms with E-state index in [1.54, 1.807) is 6.07 Å². The van der Waals surface area contributed by atoms with E-state index in [0.717, 1.165) is 0 Å². The summed E-state index contributed by atoms with van der Waals surface area (Å²) in [6, 6.07) is 4.15. The van der Waals surface area contributed by atoms with Crippen molar-refractivity contribution >= 4 is 5.97 Å². The Morgan fingerprint density at radius 3 is 2.67 bits per heavy atom. The summed E-state index contributed by atoms with van der Waals surface area (Å²) in [7, 11) is 1.20. The molecule has 0 fully saturated rings. The van der Waals surface area contributed by atoms with Crippen LogP contribution in [0.4, 0.5) is 4.39 Å². The van der Waals surface area contributed by atoms with E-state index < -0.39 is 11.8 Å². The van der Waals surface area contributed by atoms with Crippen LogP contribution in [0, 0.1) is 5.82 Å². The molecule has 0 saturated carbocycles. The Labute approximate surface area is 121 Å². The Balaban J connectivity index is 2.34. The molecule has 0 aliphatic carbocycles. The van der Waals surface area contributed by atoms with Gasteiger partial charge in [0, 0.05) is 5.56 Å². The highest BCUT2D eigenvalue weighted by Crippen LogP contribution is 2.22. The molecule has 1 aromatic carbocycles. The second kappa shape index (κ2) is 6.30. The van der Waals surface area contributed by atoms with Gasteiger partial charge in [0.1, 0.15) is 5.82 Å². The minimum atomic E-state index is -0.720. The normalized spacial score (nSPS) is 10.5. The molecule has 21 heavy (non-hydrogen) atoms. The van der Waals surface area contributed by atoms with E-state index in [9.17, 15) is 9.18 Å². The summed E-state index contributed by atoms with van der Waals surface area (Å²) >= 11 is 0. The maximum Gasteiger partial charge on any atom is 0.340 e. The molecule has 0 spiro atoms. The van der Waals surface area contributed by atoms with Crippen molar-refractivity contribution < 1.29 is 18.7 Å². The Bertz CT molecular complexity index is 659. The second-order valence-electron chi connectivity index (χ2n) is 4.60.